The van der Waals surface area contributed by atoms with Gasteiger partial charge >= 0.3 is 0 Å². The highest BCUT2D eigenvalue weighted by Crippen LogP contribution is 2.26. The Morgan fingerprint density at radius 2 is 2.08 bits per heavy atom. The van der Waals surface area contributed by atoms with Crippen LogP contribution < -0.4 is 10.1 Å². The van der Waals surface area contributed by atoms with Crippen LogP contribution in [0.25, 0.3) is 0 Å². The monoisotopic (exact) mass is 337 g/mol. The Morgan fingerprint density at radius 3 is 2.80 bits per heavy atom. The van der Waals surface area contributed by atoms with Gasteiger partial charge in [-0.2, -0.15) is 5.21 Å². The standard InChI is InChI=1S/C18H19N5O2/c1-12-6-5-7-13(10-12)11-14(17-20-22-23-21-17)18(24)19-15-8-3-4-9-16(15)25-2/h3-10,14H,11H2,1-2H3,(H,19,24)(H,20,21,22,23)/t14-/m0/s1. The number of para-hydroxylation sites is 2. The van der Waals surface area contributed by atoms with Crippen molar-refractivity contribution in [3.8, 4) is 5.75 Å². The molecule has 0 bridgehead atoms. The van der Waals surface area contributed by atoms with Crippen LogP contribution in [0, 0.1) is 6.92 Å². The predicted octanol–water partition coefficient (Wildman–Crippen LogP) is 2.48. The van der Waals surface area contributed by atoms with Gasteiger partial charge in [0, 0.05) is 0 Å². The maximum Gasteiger partial charge on any atom is 0.235 e. The number of anilines is 1. The average Bonchev–Trinajstić information content (AvgIpc) is 3.14. The molecule has 7 heteroatoms. The molecule has 2 N–H and O–H groups in total. The van der Waals surface area contributed by atoms with Crippen molar-refractivity contribution < 1.29 is 9.53 Å². The maximum absolute atomic E-state index is 12.9. The Morgan fingerprint density at radius 1 is 1.24 bits per heavy atom. The Labute approximate surface area is 145 Å². The number of ether oxygens (including phenoxy) is 1. The zero-order chi connectivity index (χ0) is 17.6. The molecule has 0 aliphatic rings. The maximum atomic E-state index is 12.9. The molecule has 0 aliphatic carbocycles. The lowest BCUT2D eigenvalue weighted by molar-refractivity contribution is -0.117. The van der Waals surface area contributed by atoms with E-state index in [0.29, 0.717) is 23.7 Å². The van der Waals surface area contributed by atoms with E-state index in [9.17, 15) is 4.79 Å². The molecule has 0 saturated heterocycles. The van der Waals surface area contributed by atoms with Crippen LogP contribution in [0.15, 0.2) is 48.5 Å². The second-order valence-corrected chi connectivity index (χ2v) is 5.71. The summed E-state index contributed by atoms with van der Waals surface area (Å²) in [7, 11) is 1.56. The topological polar surface area (TPSA) is 92.8 Å². The first-order chi connectivity index (χ1) is 12.2. The minimum absolute atomic E-state index is 0.215. The van der Waals surface area contributed by atoms with E-state index < -0.39 is 5.92 Å². The Hall–Kier alpha value is -3.22. The molecule has 3 rings (SSSR count). The van der Waals surface area contributed by atoms with Crippen molar-refractivity contribution in [2.24, 2.45) is 0 Å². The lowest BCUT2D eigenvalue weighted by Crippen LogP contribution is -2.24. The van der Waals surface area contributed by atoms with Gasteiger partial charge in [0.2, 0.25) is 5.91 Å². The summed E-state index contributed by atoms with van der Waals surface area (Å²) in [5, 5.41) is 16.9. The normalized spacial score (nSPS) is 11.8. The molecule has 2 aromatic carbocycles. The molecular formula is C18H19N5O2. The van der Waals surface area contributed by atoms with Crippen molar-refractivity contribution in [3.63, 3.8) is 0 Å². The van der Waals surface area contributed by atoms with Crippen molar-refractivity contribution in [1.82, 2.24) is 20.6 Å². The third-order valence-corrected chi connectivity index (χ3v) is 3.88. The minimum Gasteiger partial charge on any atom is -0.495 e. The van der Waals surface area contributed by atoms with Crippen LogP contribution in [0.4, 0.5) is 5.69 Å². The van der Waals surface area contributed by atoms with Crippen LogP contribution in [-0.4, -0.2) is 33.6 Å². The number of H-pyrrole nitrogens is 1. The van der Waals surface area contributed by atoms with Gasteiger partial charge in [0.15, 0.2) is 5.82 Å². The van der Waals surface area contributed by atoms with Crippen molar-refractivity contribution in [2.75, 3.05) is 12.4 Å². The first-order valence-electron chi connectivity index (χ1n) is 7.90. The van der Waals surface area contributed by atoms with Gasteiger partial charge < -0.3 is 10.1 Å². The molecule has 1 heterocycles. The fraction of sp³-hybridized carbons (Fsp3) is 0.222. The SMILES string of the molecule is COc1ccccc1NC(=O)[C@@H](Cc1cccc(C)c1)c1nn[nH]n1. The number of nitrogens with one attached hydrogen (secondary N) is 2. The van der Waals surface area contributed by atoms with Crippen LogP contribution in [0.2, 0.25) is 0 Å². The zero-order valence-electron chi connectivity index (χ0n) is 14.1. The van der Waals surface area contributed by atoms with Crippen LogP contribution in [-0.2, 0) is 11.2 Å². The number of nitrogens with zero attached hydrogens (tertiary/aromatic N) is 3. The highest BCUT2D eigenvalue weighted by Gasteiger charge is 2.26. The number of hydrogen-bond acceptors (Lipinski definition) is 5. The smallest absolute Gasteiger partial charge is 0.235 e. The Balaban J connectivity index is 1.85. The largest absolute Gasteiger partial charge is 0.495 e. The summed E-state index contributed by atoms with van der Waals surface area (Å²) in [4.78, 5) is 12.9. The average molecular weight is 337 g/mol. The molecule has 1 amide bonds. The van der Waals surface area contributed by atoms with E-state index in [1.165, 1.54) is 0 Å². The van der Waals surface area contributed by atoms with Crippen molar-refractivity contribution in [2.45, 2.75) is 19.3 Å². The van der Waals surface area contributed by atoms with Crippen LogP contribution in [0.5, 0.6) is 5.75 Å². The van der Waals surface area contributed by atoms with Crippen LogP contribution in [0.1, 0.15) is 22.9 Å². The molecule has 128 valence electrons. The Bertz CT molecular complexity index is 848. The van der Waals surface area contributed by atoms with E-state index in [1.54, 1.807) is 19.2 Å². The molecule has 0 unspecified atom stereocenters. The van der Waals surface area contributed by atoms with Crippen LogP contribution in [0.3, 0.4) is 0 Å². The van der Waals surface area contributed by atoms with Crippen molar-refractivity contribution >= 4 is 11.6 Å². The second kappa shape index (κ2) is 7.57. The number of carbonyl (C=O) groups excluding carboxylic acids is 1. The van der Waals surface area contributed by atoms with E-state index in [2.05, 4.69) is 25.9 Å². The van der Waals surface area contributed by atoms with Gasteiger partial charge in [-0.25, -0.2) is 0 Å². The fourth-order valence-electron chi connectivity index (χ4n) is 2.66. The summed E-state index contributed by atoms with van der Waals surface area (Å²) in [6, 6.07) is 15.3. The van der Waals surface area contributed by atoms with Crippen molar-refractivity contribution in [3.05, 3.63) is 65.5 Å². The molecular weight excluding hydrogens is 318 g/mol. The van der Waals surface area contributed by atoms with E-state index in [0.717, 1.165) is 11.1 Å². The van der Waals surface area contributed by atoms with Crippen LogP contribution >= 0.6 is 0 Å². The van der Waals surface area contributed by atoms with Gasteiger partial charge in [0.05, 0.1) is 12.8 Å². The highest BCUT2D eigenvalue weighted by atomic mass is 16.5. The minimum atomic E-state index is -0.564. The Kier molecular flexibility index (Phi) is 5.03. The molecule has 0 fully saturated rings. The van der Waals surface area contributed by atoms with E-state index in [4.69, 9.17) is 4.74 Å². The number of aromatic nitrogens is 4. The summed E-state index contributed by atoms with van der Waals surface area (Å²) < 4.78 is 5.29. The molecule has 7 nitrogen and oxygen atoms in total. The molecule has 0 spiro atoms. The van der Waals surface area contributed by atoms with Gasteiger partial charge in [-0.1, -0.05) is 47.2 Å². The van der Waals surface area contributed by atoms with Crippen molar-refractivity contribution in [1.29, 1.82) is 0 Å². The number of amides is 1. The molecule has 0 saturated carbocycles. The number of methoxy groups -OCH3 is 1. The summed E-state index contributed by atoms with van der Waals surface area (Å²) in [5.41, 5.74) is 2.77. The first kappa shape index (κ1) is 16.6. The molecule has 0 radical (unpaired) electrons. The molecule has 1 aromatic heterocycles. The lowest BCUT2D eigenvalue weighted by Gasteiger charge is -2.15. The number of carbonyl (C=O) groups is 1. The van der Waals surface area contributed by atoms with Gasteiger partial charge in [-0.15, -0.1) is 10.2 Å². The van der Waals surface area contributed by atoms with Gasteiger partial charge in [0.1, 0.15) is 11.7 Å². The highest BCUT2D eigenvalue weighted by molar-refractivity contribution is 5.96. The zero-order valence-corrected chi connectivity index (χ0v) is 14.1. The summed E-state index contributed by atoms with van der Waals surface area (Å²) in [6.45, 7) is 2.02. The number of aryl methyl sites for hydroxylation is 1. The lowest BCUT2D eigenvalue weighted by atomic mass is 9.96. The second-order valence-electron chi connectivity index (χ2n) is 5.71. The van der Waals surface area contributed by atoms with E-state index in [1.807, 2.05) is 43.3 Å². The first-order valence-corrected chi connectivity index (χ1v) is 7.90. The van der Waals surface area contributed by atoms with Gasteiger partial charge in [0.25, 0.3) is 0 Å². The molecule has 0 aliphatic heterocycles. The molecule has 1 atom stereocenters. The number of benzene rings is 2. The summed E-state index contributed by atoms with van der Waals surface area (Å²) in [5.74, 6) is 0.171. The molecule has 25 heavy (non-hydrogen) atoms. The quantitative estimate of drug-likeness (QED) is 0.721. The number of hydrogen-bond donors (Lipinski definition) is 2. The molecule has 3 aromatic rings. The van der Waals surface area contributed by atoms with E-state index in [-0.39, 0.29) is 5.91 Å². The summed E-state index contributed by atoms with van der Waals surface area (Å²) >= 11 is 0. The van der Waals surface area contributed by atoms with Gasteiger partial charge in [-0.3, -0.25) is 4.79 Å². The summed E-state index contributed by atoms with van der Waals surface area (Å²) in [6.07, 6.45) is 0.474. The predicted molar refractivity (Wildman–Crippen MR) is 93.4 cm³/mol. The number of aromatic amines is 1. The van der Waals surface area contributed by atoms with E-state index >= 15 is 0 Å². The number of rotatable bonds is 6. The fourth-order valence-corrected chi connectivity index (χ4v) is 2.66. The third-order valence-electron chi connectivity index (χ3n) is 3.88. The number of tetrazole rings is 1. The van der Waals surface area contributed by atoms with Gasteiger partial charge in [-0.05, 0) is 31.0 Å². The third kappa shape index (κ3) is 4.00.